The van der Waals surface area contributed by atoms with Crippen LogP contribution in [0.2, 0.25) is 0 Å². The first-order valence-corrected chi connectivity index (χ1v) is 13.8. The largest absolute Gasteiger partial charge is 0.149 e. The van der Waals surface area contributed by atoms with Crippen LogP contribution in [0.1, 0.15) is 147 Å². The van der Waals surface area contributed by atoms with Gasteiger partial charge in [0, 0.05) is 4.88 Å². The van der Waals surface area contributed by atoms with Gasteiger partial charge in [0.05, 0.1) is 0 Å². The summed E-state index contributed by atoms with van der Waals surface area (Å²) in [7, 11) is 0. The van der Waals surface area contributed by atoms with Gasteiger partial charge in [-0.1, -0.05) is 141 Å². The zero-order valence-corrected chi connectivity index (χ0v) is 20.0. The van der Waals surface area contributed by atoms with Crippen LogP contribution in [0.3, 0.4) is 0 Å². The zero-order valence-electron chi connectivity index (χ0n) is 19.2. The van der Waals surface area contributed by atoms with Crippen molar-refractivity contribution in [2.24, 2.45) is 0 Å². The summed E-state index contributed by atoms with van der Waals surface area (Å²) < 4.78 is 0. The van der Waals surface area contributed by atoms with Gasteiger partial charge < -0.3 is 0 Å². The Hall–Kier alpha value is -0.300. The molecule has 0 unspecified atom stereocenters. The van der Waals surface area contributed by atoms with Crippen molar-refractivity contribution in [1.29, 1.82) is 0 Å². The maximum absolute atomic E-state index is 2.30. The second-order valence-corrected chi connectivity index (χ2v) is 9.93. The lowest BCUT2D eigenvalue weighted by Crippen LogP contribution is -1.85. The first-order chi connectivity index (χ1) is 13.9. The Labute approximate surface area is 181 Å². The molecular weight excluding hydrogens is 356 g/mol. The van der Waals surface area contributed by atoms with E-state index in [0.29, 0.717) is 0 Å². The lowest BCUT2D eigenvalue weighted by atomic mass is 10.0. The van der Waals surface area contributed by atoms with Gasteiger partial charge in [0.1, 0.15) is 0 Å². The highest BCUT2D eigenvalue weighted by molar-refractivity contribution is 7.09. The normalized spacial score (nSPS) is 11.3. The predicted octanol–water partition coefficient (Wildman–Crippen LogP) is 10.5. The molecule has 0 aliphatic heterocycles. The Morgan fingerprint density at radius 3 is 1.18 bits per heavy atom. The Bertz CT molecular complexity index is 381. The standard InChI is InChI=1S/C27H50S/c1-2-3-4-5-6-7-8-9-10-11-12-13-14-15-16-17-18-19-20-21-22-24-27-25-23-26-28-27/h23,25-26H,2-22,24H2,1H3. The number of hydrogen-bond donors (Lipinski definition) is 0. The average Bonchev–Trinajstić information content (AvgIpc) is 3.22. The van der Waals surface area contributed by atoms with Gasteiger partial charge in [0.2, 0.25) is 0 Å². The van der Waals surface area contributed by atoms with Gasteiger partial charge in [-0.3, -0.25) is 0 Å². The third-order valence-electron chi connectivity index (χ3n) is 6.11. The van der Waals surface area contributed by atoms with Gasteiger partial charge in [-0.15, -0.1) is 11.3 Å². The van der Waals surface area contributed by atoms with Crippen molar-refractivity contribution in [2.45, 2.75) is 148 Å². The molecule has 0 aliphatic carbocycles. The van der Waals surface area contributed by atoms with Crippen molar-refractivity contribution in [3.05, 3.63) is 22.4 Å². The molecule has 1 heteroatoms. The molecule has 1 rings (SSSR count). The fourth-order valence-corrected chi connectivity index (χ4v) is 4.94. The molecule has 28 heavy (non-hydrogen) atoms. The minimum atomic E-state index is 1.30. The SMILES string of the molecule is CCCCCCCCCCCCCCCCCCCCCCCc1cccs1. The average molecular weight is 407 g/mol. The molecule has 164 valence electrons. The number of hydrogen-bond acceptors (Lipinski definition) is 1. The molecule has 0 N–H and O–H groups in total. The van der Waals surface area contributed by atoms with Crippen LogP contribution in [0.5, 0.6) is 0 Å². The summed E-state index contributed by atoms with van der Waals surface area (Å²) in [5.41, 5.74) is 0. The molecule has 0 spiro atoms. The number of unbranched alkanes of at least 4 members (excludes halogenated alkanes) is 20. The molecular formula is C27H50S. The van der Waals surface area contributed by atoms with E-state index in [0.717, 1.165) is 0 Å². The Morgan fingerprint density at radius 1 is 0.500 bits per heavy atom. The molecule has 0 fully saturated rings. The van der Waals surface area contributed by atoms with Gasteiger partial charge >= 0.3 is 0 Å². The summed E-state index contributed by atoms with van der Waals surface area (Å²) in [5, 5.41) is 2.20. The van der Waals surface area contributed by atoms with Crippen molar-refractivity contribution in [2.75, 3.05) is 0 Å². The van der Waals surface area contributed by atoms with E-state index < -0.39 is 0 Å². The summed E-state index contributed by atoms with van der Waals surface area (Å²) in [6.45, 7) is 2.30. The molecule has 0 atom stereocenters. The van der Waals surface area contributed by atoms with Crippen LogP contribution in [0.4, 0.5) is 0 Å². The molecule has 1 heterocycles. The zero-order chi connectivity index (χ0) is 20.0. The Balaban J connectivity index is 1.64. The van der Waals surface area contributed by atoms with E-state index >= 15 is 0 Å². The van der Waals surface area contributed by atoms with Crippen molar-refractivity contribution >= 4 is 11.3 Å². The first-order valence-electron chi connectivity index (χ1n) is 13.0. The van der Waals surface area contributed by atoms with E-state index in [1.165, 1.54) is 141 Å². The van der Waals surface area contributed by atoms with Crippen LogP contribution in [0.15, 0.2) is 17.5 Å². The van der Waals surface area contributed by atoms with E-state index in [1.54, 1.807) is 4.88 Å². The molecule has 0 saturated heterocycles. The van der Waals surface area contributed by atoms with Crippen molar-refractivity contribution in [3.8, 4) is 0 Å². The van der Waals surface area contributed by atoms with Crippen LogP contribution < -0.4 is 0 Å². The molecule has 0 bridgehead atoms. The van der Waals surface area contributed by atoms with Gasteiger partial charge in [-0.2, -0.15) is 0 Å². The molecule has 0 aromatic carbocycles. The van der Waals surface area contributed by atoms with E-state index in [4.69, 9.17) is 0 Å². The molecule has 0 radical (unpaired) electrons. The summed E-state index contributed by atoms with van der Waals surface area (Å²) >= 11 is 1.91. The Morgan fingerprint density at radius 2 is 0.857 bits per heavy atom. The van der Waals surface area contributed by atoms with E-state index in [9.17, 15) is 0 Å². The third-order valence-corrected chi connectivity index (χ3v) is 7.04. The summed E-state index contributed by atoms with van der Waals surface area (Å²) in [6.07, 6.45) is 32.1. The summed E-state index contributed by atoms with van der Waals surface area (Å²) in [6, 6.07) is 4.46. The van der Waals surface area contributed by atoms with Crippen LogP contribution in [-0.4, -0.2) is 0 Å². The van der Waals surface area contributed by atoms with Crippen molar-refractivity contribution in [1.82, 2.24) is 0 Å². The highest BCUT2D eigenvalue weighted by Crippen LogP contribution is 2.16. The molecule has 1 aromatic rings. The fraction of sp³-hybridized carbons (Fsp3) is 0.852. The molecule has 0 amide bonds. The Kier molecular flexibility index (Phi) is 19.7. The van der Waals surface area contributed by atoms with Gasteiger partial charge in [0.25, 0.3) is 0 Å². The van der Waals surface area contributed by atoms with Crippen LogP contribution in [0.25, 0.3) is 0 Å². The van der Waals surface area contributed by atoms with Crippen LogP contribution in [0, 0.1) is 0 Å². The van der Waals surface area contributed by atoms with E-state index in [2.05, 4.69) is 24.4 Å². The number of rotatable bonds is 22. The maximum atomic E-state index is 2.30. The van der Waals surface area contributed by atoms with E-state index in [1.807, 2.05) is 11.3 Å². The highest BCUT2D eigenvalue weighted by Gasteiger charge is 1.96. The molecule has 0 nitrogen and oxygen atoms in total. The quantitative estimate of drug-likeness (QED) is 0.168. The van der Waals surface area contributed by atoms with E-state index in [-0.39, 0.29) is 0 Å². The smallest absolute Gasteiger partial charge is 0.00452 e. The molecule has 0 saturated carbocycles. The third kappa shape index (κ3) is 17.8. The number of aryl methyl sites for hydroxylation is 1. The summed E-state index contributed by atoms with van der Waals surface area (Å²) in [5.74, 6) is 0. The minimum absolute atomic E-state index is 1.30. The topological polar surface area (TPSA) is 0 Å². The van der Waals surface area contributed by atoms with Crippen molar-refractivity contribution < 1.29 is 0 Å². The molecule has 1 aromatic heterocycles. The van der Waals surface area contributed by atoms with Gasteiger partial charge in [0.15, 0.2) is 0 Å². The van der Waals surface area contributed by atoms with Gasteiger partial charge in [-0.25, -0.2) is 0 Å². The molecule has 0 aliphatic rings. The number of thiophene rings is 1. The fourth-order valence-electron chi connectivity index (χ4n) is 4.19. The van der Waals surface area contributed by atoms with Gasteiger partial charge in [-0.05, 0) is 24.3 Å². The predicted molar refractivity (Wildman–Crippen MR) is 131 cm³/mol. The second-order valence-electron chi connectivity index (χ2n) is 8.90. The highest BCUT2D eigenvalue weighted by atomic mass is 32.1. The lowest BCUT2D eigenvalue weighted by Gasteiger charge is -2.04. The first kappa shape index (κ1) is 25.7. The van der Waals surface area contributed by atoms with Crippen LogP contribution >= 0.6 is 11.3 Å². The lowest BCUT2D eigenvalue weighted by molar-refractivity contribution is 0.520. The van der Waals surface area contributed by atoms with Crippen molar-refractivity contribution in [3.63, 3.8) is 0 Å². The summed E-state index contributed by atoms with van der Waals surface area (Å²) in [4.78, 5) is 1.57. The second kappa shape index (κ2) is 21.4. The van der Waals surface area contributed by atoms with Crippen LogP contribution in [-0.2, 0) is 6.42 Å². The monoisotopic (exact) mass is 406 g/mol. The maximum Gasteiger partial charge on any atom is 0.00452 e. The minimum Gasteiger partial charge on any atom is -0.149 e.